The number of rotatable bonds is 3. The standard InChI is InChI=1S/C22H25N3O2S/c1-14-6-8-17(9-7-14)21-20-15(2)16(3)28-22(20)25(18(26)12-23-21)13-19(27)24-10-4-5-11-24/h6-9H,4-5,10-13H2,1-3H3. The molecule has 3 heterocycles. The predicted octanol–water partition coefficient (Wildman–Crippen LogP) is 3.48. The minimum Gasteiger partial charge on any atom is -0.341 e. The van der Waals surface area contributed by atoms with E-state index in [1.54, 1.807) is 16.2 Å². The number of carbonyl (C=O) groups is 2. The van der Waals surface area contributed by atoms with Gasteiger partial charge in [-0.3, -0.25) is 19.5 Å². The van der Waals surface area contributed by atoms with Crippen molar-refractivity contribution in [1.29, 1.82) is 0 Å². The fraction of sp³-hybridized carbons (Fsp3) is 0.409. The van der Waals surface area contributed by atoms with Crippen LogP contribution >= 0.6 is 11.3 Å². The third kappa shape index (κ3) is 3.37. The molecule has 0 atom stereocenters. The highest BCUT2D eigenvalue weighted by Crippen LogP contribution is 2.38. The second kappa shape index (κ2) is 7.51. The van der Waals surface area contributed by atoms with Gasteiger partial charge in [-0.2, -0.15) is 0 Å². The number of thiophene rings is 1. The van der Waals surface area contributed by atoms with Crippen molar-refractivity contribution < 1.29 is 9.59 Å². The monoisotopic (exact) mass is 395 g/mol. The first-order chi connectivity index (χ1) is 13.5. The van der Waals surface area contributed by atoms with E-state index in [0.717, 1.165) is 58.2 Å². The van der Waals surface area contributed by atoms with Crippen LogP contribution in [0.25, 0.3) is 0 Å². The number of nitrogens with zero attached hydrogens (tertiary/aromatic N) is 3. The number of anilines is 1. The molecule has 1 aromatic carbocycles. The van der Waals surface area contributed by atoms with Crippen LogP contribution in [0.1, 0.15) is 40.0 Å². The maximum atomic E-state index is 12.9. The Kier molecular flexibility index (Phi) is 5.06. The van der Waals surface area contributed by atoms with E-state index in [-0.39, 0.29) is 24.9 Å². The van der Waals surface area contributed by atoms with Gasteiger partial charge in [0.15, 0.2) is 0 Å². The van der Waals surface area contributed by atoms with Gasteiger partial charge >= 0.3 is 0 Å². The van der Waals surface area contributed by atoms with Crippen molar-refractivity contribution in [3.05, 3.63) is 51.4 Å². The third-order valence-corrected chi connectivity index (χ3v) is 6.83. The van der Waals surface area contributed by atoms with E-state index in [0.29, 0.717) is 0 Å². The molecule has 0 spiro atoms. The number of carbonyl (C=O) groups excluding carboxylic acids is 2. The highest BCUT2D eigenvalue weighted by Gasteiger charge is 2.32. The van der Waals surface area contributed by atoms with Crippen LogP contribution in [0.3, 0.4) is 0 Å². The molecule has 5 nitrogen and oxygen atoms in total. The first-order valence-electron chi connectivity index (χ1n) is 9.75. The van der Waals surface area contributed by atoms with Crippen molar-refractivity contribution in [2.24, 2.45) is 4.99 Å². The molecule has 0 radical (unpaired) electrons. The molecule has 0 unspecified atom stereocenters. The van der Waals surface area contributed by atoms with Gasteiger partial charge in [0.25, 0.3) is 0 Å². The van der Waals surface area contributed by atoms with Crippen molar-refractivity contribution in [2.75, 3.05) is 31.1 Å². The summed E-state index contributed by atoms with van der Waals surface area (Å²) < 4.78 is 0. The van der Waals surface area contributed by atoms with Gasteiger partial charge in [-0.05, 0) is 39.2 Å². The Morgan fingerprint density at radius 2 is 1.79 bits per heavy atom. The summed E-state index contributed by atoms with van der Waals surface area (Å²) in [7, 11) is 0. The Morgan fingerprint density at radius 3 is 2.46 bits per heavy atom. The Morgan fingerprint density at radius 1 is 1.11 bits per heavy atom. The van der Waals surface area contributed by atoms with Crippen molar-refractivity contribution in [2.45, 2.75) is 33.6 Å². The van der Waals surface area contributed by atoms with Crippen LogP contribution in [0.2, 0.25) is 0 Å². The number of aliphatic imine (C=N–C) groups is 1. The first-order valence-corrected chi connectivity index (χ1v) is 10.6. The molecule has 4 rings (SSSR count). The Balaban J connectivity index is 1.75. The van der Waals surface area contributed by atoms with Crippen LogP contribution in [0.15, 0.2) is 29.3 Å². The molecule has 1 fully saturated rings. The molecule has 1 aromatic heterocycles. The van der Waals surface area contributed by atoms with Crippen LogP contribution in [0.4, 0.5) is 5.00 Å². The highest BCUT2D eigenvalue weighted by atomic mass is 32.1. The molecular formula is C22H25N3O2S. The molecule has 2 aliphatic heterocycles. The molecule has 1 saturated heterocycles. The SMILES string of the molecule is Cc1ccc(C2=NCC(=O)N(CC(=O)N3CCCC3)c3sc(C)c(C)c32)cc1. The Labute approximate surface area is 169 Å². The summed E-state index contributed by atoms with van der Waals surface area (Å²) in [5.74, 6) is -0.0866. The average Bonchev–Trinajstić information content (AvgIpc) is 3.28. The van der Waals surface area contributed by atoms with Gasteiger partial charge < -0.3 is 4.90 Å². The summed E-state index contributed by atoms with van der Waals surface area (Å²) in [5.41, 5.74) is 5.17. The zero-order valence-electron chi connectivity index (χ0n) is 16.6. The molecule has 2 amide bonds. The van der Waals surface area contributed by atoms with Crippen LogP contribution in [0, 0.1) is 20.8 Å². The van der Waals surface area contributed by atoms with E-state index in [2.05, 4.69) is 50.0 Å². The number of hydrogen-bond acceptors (Lipinski definition) is 4. The predicted molar refractivity (Wildman–Crippen MR) is 114 cm³/mol. The van der Waals surface area contributed by atoms with Gasteiger partial charge in [0.2, 0.25) is 11.8 Å². The van der Waals surface area contributed by atoms with Crippen molar-refractivity contribution >= 4 is 33.9 Å². The zero-order chi connectivity index (χ0) is 19.8. The lowest BCUT2D eigenvalue weighted by molar-refractivity contribution is -0.130. The quantitative estimate of drug-likeness (QED) is 0.799. The van der Waals surface area contributed by atoms with Crippen molar-refractivity contribution in [3.8, 4) is 0 Å². The van der Waals surface area contributed by atoms with Gasteiger partial charge in [-0.25, -0.2) is 0 Å². The number of aryl methyl sites for hydroxylation is 2. The molecule has 6 heteroatoms. The van der Waals surface area contributed by atoms with Crippen molar-refractivity contribution in [3.63, 3.8) is 0 Å². The second-order valence-corrected chi connectivity index (χ2v) is 8.77. The summed E-state index contributed by atoms with van der Waals surface area (Å²) in [4.78, 5) is 35.1. The molecular weight excluding hydrogens is 370 g/mol. The molecule has 0 aliphatic carbocycles. The number of amides is 2. The van der Waals surface area contributed by atoms with Gasteiger partial charge in [0.1, 0.15) is 18.1 Å². The molecule has 28 heavy (non-hydrogen) atoms. The minimum absolute atomic E-state index is 0.0271. The number of likely N-dealkylation sites (tertiary alicyclic amines) is 1. The van der Waals surface area contributed by atoms with Crippen LogP contribution in [-0.4, -0.2) is 48.6 Å². The smallest absolute Gasteiger partial charge is 0.249 e. The third-order valence-electron chi connectivity index (χ3n) is 5.60. The minimum atomic E-state index is -0.114. The molecule has 0 saturated carbocycles. The lowest BCUT2D eigenvalue weighted by Gasteiger charge is -2.23. The van der Waals surface area contributed by atoms with Gasteiger partial charge in [0.05, 0.1) is 5.71 Å². The van der Waals surface area contributed by atoms with Crippen molar-refractivity contribution in [1.82, 2.24) is 4.90 Å². The molecule has 146 valence electrons. The van der Waals surface area contributed by atoms with Gasteiger partial charge in [0, 0.05) is 29.1 Å². The van der Waals surface area contributed by atoms with Crippen LogP contribution < -0.4 is 4.90 Å². The topological polar surface area (TPSA) is 53.0 Å². The van der Waals surface area contributed by atoms with E-state index < -0.39 is 0 Å². The molecule has 0 bridgehead atoms. The summed E-state index contributed by atoms with van der Waals surface area (Å²) in [5, 5.41) is 0.851. The summed E-state index contributed by atoms with van der Waals surface area (Å²) in [6, 6.07) is 8.24. The average molecular weight is 396 g/mol. The normalized spacial score (nSPS) is 16.8. The zero-order valence-corrected chi connectivity index (χ0v) is 17.4. The lowest BCUT2D eigenvalue weighted by atomic mass is 9.99. The van der Waals surface area contributed by atoms with Gasteiger partial charge in [-0.15, -0.1) is 11.3 Å². The molecule has 2 aromatic rings. The highest BCUT2D eigenvalue weighted by molar-refractivity contribution is 7.17. The van der Waals surface area contributed by atoms with Crippen LogP contribution in [-0.2, 0) is 9.59 Å². The number of benzene rings is 1. The summed E-state index contributed by atoms with van der Waals surface area (Å²) in [6.07, 6.45) is 2.09. The first kappa shape index (κ1) is 18.9. The van der Waals surface area contributed by atoms with E-state index in [1.165, 1.54) is 5.56 Å². The molecule has 0 N–H and O–H groups in total. The second-order valence-electron chi connectivity index (χ2n) is 7.56. The van der Waals surface area contributed by atoms with E-state index >= 15 is 0 Å². The fourth-order valence-electron chi connectivity index (χ4n) is 3.81. The molecule has 2 aliphatic rings. The largest absolute Gasteiger partial charge is 0.341 e. The fourth-order valence-corrected chi connectivity index (χ4v) is 4.98. The number of fused-ring (bicyclic) bond motifs is 1. The lowest BCUT2D eigenvalue weighted by Crippen LogP contribution is -2.42. The van der Waals surface area contributed by atoms with Crippen LogP contribution in [0.5, 0.6) is 0 Å². The van der Waals surface area contributed by atoms with Gasteiger partial charge in [-0.1, -0.05) is 29.8 Å². The Hall–Kier alpha value is -2.47. The van der Waals surface area contributed by atoms with E-state index in [9.17, 15) is 9.59 Å². The maximum absolute atomic E-state index is 12.9. The summed E-state index contributed by atoms with van der Waals surface area (Å²) in [6.45, 7) is 7.94. The van der Waals surface area contributed by atoms with E-state index in [4.69, 9.17) is 0 Å². The number of hydrogen-bond donors (Lipinski definition) is 0. The Bertz CT molecular complexity index is 953. The van der Waals surface area contributed by atoms with E-state index in [1.807, 2.05) is 4.90 Å². The maximum Gasteiger partial charge on any atom is 0.249 e. The summed E-state index contributed by atoms with van der Waals surface area (Å²) >= 11 is 1.58.